The molecule has 0 aliphatic rings. The maximum atomic E-state index is 8.65. The molecule has 0 unspecified atom stereocenters. The fraction of sp³-hybridized carbons (Fsp3) is 0.231. The number of nitriles is 2. The zero-order chi connectivity index (χ0) is 21.8. The quantitative estimate of drug-likeness (QED) is 0.475. The van der Waals surface area contributed by atoms with Crippen LogP contribution in [0.25, 0.3) is 0 Å². The van der Waals surface area contributed by atoms with Gasteiger partial charge in [0.25, 0.3) is 12.5 Å². The monoisotopic (exact) mass is 396 g/mol. The highest BCUT2D eigenvalue weighted by Gasteiger charge is 2.26. The van der Waals surface area contributed by atoms with Crippen molar-refractivity contribution in [1.82, 2.24) is 0 Å². The molecule has 0 N–H and O–H groups in total. The predicted molar refractivity (Wildman–Crippen MR) is 116 cm³/mol. The van der Waals surface area contributed by atoms with Crippen LogP contribution in [0.4, 0.5) is 0 Å². The number of benzene rings is 3. The molecule has 3 aromatic carbocycles. The molecule has 3 aromatic rings. The molecule has 0 aromatic heterocycles. The predicted octanol–water partition coefficient (Wildman–Crippen LogP) is 6.06. The van der Waals surface area contributed by atoms with Gasteiger partial charge in [0.15, 0.2) is 0 Å². The summed E-state index contributed by atoms with van der Waals surface area (Å²) in [5.41, 5.74) is 4.32. The van der Waals surface area contributed by atoms with Gasteiger partial charge in [0.05, 0.1) is 0 Å². The van der Waals surface area contributed by atoms with E-state index in [2.05, 4.69) is 52.0 Å². The first-order valence-corrected chi connectivity index (χ1v) is 9.73. The maximum absolute atomic E-state index is 8.65. The average molecular weight is 396 g/mol. The van der Waals surface area contributed by atoms with Gasteiger partial charge in [-0.05, 0) is 46.5 Å². The molecule has 0 fully saturated rings. The number of hydrogen-bond donors (Lipinski definition) is 0. The molecule has 0 atom stereocenters. The Balaban J connectivity index is 1.85. The van der Waals surface area contributed by atoms with Crippen molar-refractivity contribution in [3.63, 3.8) is 0 Å². The third-order valence-corrected chi connectivity index (χ3v) is 5.81. The molecule has 30 heavy (non-hydrogen) atoms. The highest BCUT2D eigenvalue weighted by molar-refractivity contribution is 5.45. The van der Waals surface area contributed by atoms with Gasteiger partial charge in [-0.25, -0.2) is 0 Å². The van der Waals surface area contributed by atoms with Crippen molar-refractivity contribution in [3.8, 4) is 24.0 Å². The second-order valence-electron chi connectivity index (χ2n) is 8.26. The van der Waals surface area contributed by atoms with Crippen LogP contribution < -0.4 is 9.47 Å². The van der Waals surface area contributed by atoms with Crippen molar-refractivity contribution in [2.75, 3.05) is 0 Å². The first-order chi connectivity index (χ1) is 14.3. The van der Waals surface area contributed by atoms with Crippen LogP contribution in [-0.2, 0) is 10.8 Å². The normalized spacial score (nSPS) is 11.3. The summed E-state index contributed by atoms with van der Waals surface area (Å²) < 4.78 is 9.75. The van der Waals surface area contributed by atoms with E-state index in [1.807, 2.05) is 48.5 Å². The van der Waals surface area contributed by atoms with Crippen molar-refractivity contribution < 1.29 is 9.47 Å². The van der Waals surface area contributed by atoms with Crippen LogP contribution in [0.2, 0.25) is 0 Å². The largest absolute Gasteiger partial charge is 0.388 e. The van der Waals surface area contributed by atoms with Gasteiger partial charge < -0.3 is 9.47 Å². The third kappa shape index (κ3) is 4.14. The van der Waals surface area contributed by atoms with Gasteiger partial charge >= 0.3 is 0 Å². The van der Waals surface area contributed by atoms with Crippen LogP contribution in [0.1, 0.15) is 49.9 Å². The molecule has 0 saturated carbocycles. The Kier molecular flexibility index (Phi) is 5.81. The third-order valence-electron chi connectivity index (χ3n) is 5.81. The Labute approximate surface area is 177 Å². The molecule has 0 bridgehead atoms. The highest BCUT2D eigenvalue weighted by Crippen LogP contribution is 2.36. The summed E-state index contributed by atoms with van der Waals surface area (Å²) >= 11 is 0. The lowest BCUT2D eigenvalue weighted by Gasteiger charge is -2.29. The fourth-order valence-corrected chi connectivity index (χ4v) is 3.62. The molecule has 0 saturated heterocycles. The molecule has 150 valence electrons. The molecule has 0 heterocycles. The maximum Gasteiger partial charge on any atom is 0.292 e. The Morgan fingerprint density at radius 1 is 0.500 bits per heavy atom. The van der Waals surface area contributed by atoms with Crippen molar-refractivity contribution >= 4 is 0 Å². The zero-order valence-electron chi connectivity index (χ0n) is 17.6. The van der Waals surface area contributed by atoms with E-state index in [9.17, 15) is 0 Å². The summed E-state index contributed by atoms with van der Waals surface area (Å²) in [6.07, 6.45) is 3.39. The molecule has 0 aliphatic heterocycles. The van der Waals surface area contributed by atoms with E-state index in [0.29, 0.717) is 11.5 Å². The molecule has 4 heteroatoms. The minimum absolute atomic E-state index is 0.190. The summed E-state index contributed by atoms with van der Waals surface area (Å²) in [7, 11) is 0. The van der Waals surface area contributed by atoms with Gasteiger partial charge in [0.2, 0.25) is 0 Å². The van der Waals surface area contributed by atoms with Crippen molar-refractivity contribution in [1.29, 1.82) is 10.5 Å². The summed E-state index contributed by atoms with van der Waals surface area (Å²) in [4.78, 5) is 0. The Bertz CT molecular complexity index is 992. The van der Waals surface area contributed by atoms with Crippen LogP contribution in [-0.4, -0.2) is 0 Å². The lowest BCUT2D eigenvalue weighted by molar-refractivity contribution is 0.505. The lowest BCUT2D eigenvalue weighted by Crippen LogP contribution is -2.21. The van der Waals surface area contributed by atoms with E-state index in [4.69, 9.17) is 20.0 Å². The van der Waals surface area contributed by atoms with Gasteiger partial charge in [0, 0.05) is 10.8 Å². The van der Waals surface area contributed by atoms with E-state index in [-0.39, 0.29) is 10.8 Å². The van der Waals surface area contributed by atoms with E-state index in [1.54, 1.807) is 12.5 Å². The average Bonchev–Trinajstić information content (AvgIpc) is 2.75. The summed E-state index contributed by atoms with van der Waals surface area (Å²) in [6.45, 7) is 8.73. The summed E-state index contributed by atoms with van der Waals surface area (Å²) in [6, 6.07) is 23.9. The molecule has 0 amide bonds. The van der Waals surface area contributed by atoms with Gasteiger partial charge in [-0.3, -0.25) is 0 Å². The topological polar surface area (TPSA) is 66.0 Å². The minimum atomic E-state index is -0.190. The van der Waals surface area contributed by atoms with E-state index >= 15 is 0 Å². The van der Waals surface area contributed by atoms with Crippen molar-refractivity contribution in [2.24, 2.45) is 0 Å². The Hall–Kier alpha value is -3.76. The first kappa shape index (κ1) is 21.0. The van der Waals surface area contributed by atoms with Crippen LogP contribution >= 0.6 is 0 Å². The van der Waals surface area contributed by atoms with Crippen LogP contribution in [0, 0.1) is 23.0 Å². The second kappa shape index (κ2) is 8.31. The first-order valence-electron chi connectivity index (χ1n) is 9.73. The van der Waals surface area contributed by atoms with E-state index in [1.165, 1.54) is 11.1 Å². The molecular weight excluding hydrogens is 372 g/mol. The summed E-state index contributed by atoms with van der Waals surface area (Å²) in [5, 5.41) is 17.3. The molecular formula is C26H24N2O2. The molecule has 4 nitrogen and oxygen atoms in total. The highest BCUT2D eigenvalue weighted by atomic mass is 16.5. The lowest BCUT2D eigenvalue weighted by atomic mass is 9.74. The number of nitrogens with zero attached hydrogens (tertiary/aromatic N) is 2. The van der Waals surface area contributed by atoms with E-state index in [0.717, 1.165) is 11.1 Å². The standard InChI is InChI=1S/C26H24N2O2/c1-25(2,21-9-13-23(14-10-21)29-17-27)19-5-7-20(8-6-19)26(3,4)22-11-15-24(16-12-22)30-18-28/h5-16H,1-4H3. The Morgan fingerprint density at radius 2 is 0.733 bits per heavy atom. The molecule has 0 radical (unpaired) electrons. The van der Waals surface area contributed by atoms with Crippen LogP contribution in [0.15, 0.2) is 72.8 Å². The number of ether oxygens (including phenoxy) is 2. The van der Waals surface area contributed by atoms with Gasteiger partial charge in [0.1, 0.15) is 11.5 Å². The fourth-order valence-electron chi connectivity index (χ4n) is 3.62. The zero-order valence-corrected chi connectivity index (χ0v) is 17.6. The van der Waals surface area contributed by atoms with Gasteiger partial charge in [-0.15, -0.1) is 10.5 Å². The number of rotatable bonds is 6. The Morgan fingerprint density at radius 3 is 0.967 bits per heavy atom. The van der Waals surface area contributed by atoms with E-state index < -0.39 is 0 Å². The van der Waals surface area contributed by atoms with Crippen molar-refractivity contribution in [2.45, 2.75) is 38.5 Å². The minimum Gasteiger partial charge on any atom is -0.388 e. The van der Waals surface area contributed by atoms with Crippen LogP contribution in [0.5, 0.6) is 11.5 Å². The molecule has 0 aliphatic carbocycles. The van der Waals surface area contributed by atoms with Crippen molar-refractivity contribution in [3.05, 3.63) is 95.1 Å². The molecule has 0 spiro atoms. The SMILES string of the molecule is CC(C)(c1ccc(OC#N)cc1)c1ccc(C(C)(C)c2ccc(OC#N)cc2)cc1. The summed E-state index contributed by atoms with van der Waals surface area (Å²) in [5.74, 6) is 1.08. The smallest absolute Gasteiger partial charge is 0.292 e. The van der Waals surface area contributed by atoms with Gasteiger partial charge in [-0.2, -0.15) is 0 Å². The molecule has 3 rings (SSSR count). The van der Waals surface area contributed by atoms with Crippen LogP contribution in [0.3, 0.4) is 0 Å². The second-order valence-corrected chi connectivity index (χ2v) is 8.26. The van der Waals surface area contributed by atoms with Gasteiger partial charge in [-0.1, -0.05) is 76.2 Å². The number of hydrogen-bond acceptors (Lipinski definition) is 4.